The largest absolute Gasteiger partial charge is 0.497 e. The first-order valence-corrected chi connectivity index (χ1v) is 10.1. The number of methoxy groups -OCH3 is 1. The van der Waals surface area contributed by atoms with Crippen molar-refractivity contribution in [2.45, 2.75) is 51.0 Å². The molecule has 152 valence electrons. The lowest BCUT2D eigenvalue weighted by molar-refractivity contribution is -0.118. The topological polar surface area (TPSA) is 72.5 Å². The molecule has 2 aromatic carbocycles. The lowest BCUT2D eigenvalue weighted by Gasteiger charge is -2.26. The summed E-state index contributed by atoms with van der Waals surface area (Å²) in [6, 6.07) is 14.6. The summed E-state index contributed by atoms with van der Waals surface area (Å²) < 4.78 is 5.13. The molecule has 5 nitrogen and oxygen atoms in total. The molecule has 0 heterocycles. The van der Waals surface area contributed by atoms with E-state index < -0.39 is 0 Å². The number of carbonyl (C=O) groups excluding carboxylic acids is 3. The molecule has 29 heavy (non-hydrogen) atoms. The predicted molar refractivity (Wildman–Crippen MR) is 111 cm³/mol. The van der Waals surface area contributed by atoms with Gasteiger partial charge in [-0.1, -0.05) is 24.3 Å². The standard InChI is InChI=1S/C24H27NO4/c1-29-22-14-8-17(9-15-22)4-2-7-21(26)16-23(27)18-10-12-19(13-11-18)24(28)25-20-5-3-6-20/h8-15,20H,2-7,16H2,1H3,(H,25,28). The third-order valence-corrected chi connectivity index (χ3v) is 5.35. The number of nitrogens with one attached hydrogen (secondary N) is 1. The Kier molecular flexibility index (Phi) is 7.17. The van der Waals surface area contributed by atoms with Crippen molar-refractivity contribution in [3.63, 3.8) is 0 Å². The summed E-state index contributed by atoms with van der Waals surface area (Å²) in [5, 5.41) is 2.97. The molecule has 1 fully saturated rings. The van der Waals surface area contributed by atoms with E-state index in [4.69, 9.17) is 4.74 Å². The number of Topliss-reactive ketones (excluding diaryl/α,β-unsaturated/α-hetero) is 2. The maximum atomic E-state index is 12.3. The van der Waals surface area contributed by atoms with Crippen LogP contribution >= 0.6 is 0 Å². The van der Waals surface area contributed by atoms with Gasteiger partial charge in [-0.25, -0.2) is 0 Å². The normalized spacial score (nSPS) is 13.4. The molecule has 1 aliphatic rings. The summed E-state index contributed by atoms with van der Waals surface area (Å²) in [4.78, 5) is 36.6. The average Bonchev–Trinajstić information content (AvgIpc) is 2.71. The van der Waals surface area contributed by atoms with Crippen LogP contribution in [-0.4, -0.2) is 30.6 Å². The first kappa shape index (κ1) is 20.8. The van der Waals surface area contributed by atoms with Crippen LogP contribution in [0.3, 0.4) is 0 Å². The molecule has 0 saturated heterocycles. The van der Waals surface area contributed by atoms with Crippen LogP contribution in [0, 0.1) is 0 Å². The highest BCUT2D eigenvalue weighted by atomic mass is 16.5. The quantitative estimate of drug-likeness (QED) is 0.486. The molecule has 0 atom stereocenters. The zero-order chi connectivity index (χ0) is 20.6. The summed E-state index contributed by atoms with van der Waals surface area (Å²) in [5.74, 6) is 0.436. The van der Waals surface area contributed by atoms with Crippen molar-refractivity contribution in [1.82, 2.24) is 5.32 Å². The van der Waals surface area contributed by atoms with Gasteiger partial charge in [0.25, 0.3) is 5.91 Å². The van der Waals surface area contributed by atoms with Gasteiger partial charge >= 0.3 is 0 Å². The number of aryl methyl sites for hydroxylation is 1. The fourth-order valence-electron chi connectivity index (χ4n) is 3.28. The van der Waals surface area contributed by atoms with E-state index in [2.05, 4.69) is 5.32 Å². The number of hydrogen-bond donors (Lipinski definition) is 1. The Bertz CT molecular complexity index is 851. The third kappa shape index (κ3) is 6.01. The summed E-state index contributed by atoms with van der Waals surface area (Å²) in [6.45, 7) is 0. The Morgan fingerprint density at radius 3 is 2.21 bits per heavy atom. The monoisotopic (exact) mass is 393 g/mol. The number of hydrogen-bond acceptors (Lipinski definition) is 4. The minimum Gasteiger partial charge on any atom is -0.497 e. The van der Waals surface area contributed by atoms with Gasteiger partial charge in [0.15, 0.2) is 5.78 Å². The van der Waals surface area contributed by atoms with Crippen LogP contribution in [0.1, 0.15) is 64.8 Å². The van der Waals surface area contributed by atoms with Crippen LogP contribution < -0.4 is 10.1 Å². The fourth-order valence-corrected chi connectivity index (χ4v) is 3.28. The third-order valence-electron chi connectivity index (χ3n) is 5.35. The number of ketones is 2. The Morgan fingerprint density at radius 2 is 1.62 bits per heavy atom. The van der Waals surface area contributed by atoms with Crippen molar-refractivity contribution in [2.75, 3.05) is 7.11 Å². The van der Waals surface area contributed by atoms with Crippen LogP contribution in [0.25, 0.3) is 0 Å². The van der Waals surface area contributed by atoms with Crippen molar-refractivity contribution in [2.24, 2.45) is 0 Å². The molecular weight excluding hydrogens is 366 g/mol. The van der Waals surface area contributed by atoms with E-state index in [1.54, 1.807) is 31.4 Å². The van der Waals surface area contributed by atoms with Crippen LogP contribution in [0.15, 0.2) is 48.5 Å². The Morgan fingerprint density at radius 1 is 0.966 bits per heavy atom. The van der Waals surface area contributed by atoms with Gasteiger partial charge in [0, 0.05) is 23.6 Å². The molecule has 1 saturated carbocycles. The van der Waals surface area contributed by atoms with Gasteiger partial charge in [0.1, 0.15) is 11.5 Å². The summed E-state index contributed by atoms with van der Waals surface area (Å²) in [6.07, 6.45) is 4.99. The summed E-state index contributed by atoms with van der Waals surface area (Å²) >= 11 is 0. The van der Waals surface area contributed by atoms with Gasteiger partial charge in [0.2, 0.25) is 0 Å². The zero-order valence-electron chi connectivity index (χ0n) is 16.8. The van der Waals surface area contributed by atoms with E-state index >= 15 is 0 Å². The van der Waals surface area contributed by atoms with Crippen molar-refractivity contribution in [3.05, 3.63) is 65.2 Å². The predicted octanol–water partition coefficient (Wildman–Crippen LogP) is 4.14. The molecule has 0 spiro atoms. The second kappa shape index (κ2) is 10.0. The lowest BCUT2D eigenvalue weighted by atomic mass is 9.93. The van der Waals surface area contributed by atoms with Crippen molar-refractivity contribution in [3.8, 4) is 5.75 Å². The summed E-state index contributed by atoms with van der Waals surface area (Å²) in [5.41, 5.74) is 2.15. The van der Waals surface area contributed by atoms with Crippen molar-refractivity contribution < 1.29 is 19.1 Å². The van der Waals surface area contributed by atoms with E-state index in [-0.39, 0.29) is 29.9 Å². The highest BCUT2D eigenvalue weighted by molar-refractivity contribution is 6.08. The van der Waals surface area contributed by atoms with Gasteiger partial charge in [-0.05, 0) is 61.9 Å². The molecule has 0 unspecified atom stereocenters. The minimum absolute atomic E-state index is 0.0599. The Hall–Kier alpha value is -2.95. The van der Waals surface area contributed by atoms with E-state index in [9.17, 15) is 14.4 Å². The summed E-state index contributed by atoms with van der Waals surface area (Å²) in [7, 11) is 1.63. The van der Waals surface area contributed by atoms with Crippen LogP contribution in [0.2, 0.25) is 0 Å². The van der Waals surface area contributed by atoms with Crippen molar-refractivity contribution in [1.29, 1.82) is 0 Å². The second-order valence-electron chi connectivity index (χ2n) is 7.52. The molecular formula is C24H27NO4. The van der Waals surface area contributed by atoms with E-state index in [1.807, 2.05) is 24.3 Å². The molecule has 5 heteroatoms. The average molecular weight is 393 g/mol. The van der Waals surface area contributed by atoms with Gasteiger partial charge < -0.3 is 10.1 Å². The molecule has 0 radical (unpaired) electrons. The minimum atomic E-state index is -0.203. The Labute approximate surface area is 171 Å². The molecule has 2 aromatic rings. The number of rotatable bonds is 10. The van der Waals surface area contributed by atoms with Crippen LogP contribution in [0.5, 0.6) is 5.75 Å². The Balaban J connectivity index is 1.42. The number of amides is 1. The second-order valence-corrected chi connectivity index (χ2v) is 7.52. The number of ether oxygens (including phenoxy) is 1. The number of carbonyl (C=O) groups is 3. The smallest absolute Gasteiger partial charge is 0.251 e. The van der Waals surface area contributed by atoms with Gasteiger partial charge in [-0.2, -0.15) is 0 Å². The van der Waals surface area contributed by atoms with Crippen LogP contribution in [0.4, 0.5) is 0 Å². The van der Waals surface area contributed by atoms with E-state index in [1.165, 1.54) is 0 Å². The highest BCUT2D eigenvalue weighted by Gasteiger charge is 2.20. The molecule has 1 N–H and O–H groups in total. The SMILES string of the molecule is COc1ccc(CCCC(=O)CC(=O)c2ccc(C(=O)NC3CCC3)cc2)cc1. The van der Waals surface area contributed by atoms with E-state index in [0.717, 1.165) is 37.0 Å². The zero-order valence-corrected chi connectivity index (χ0v) is 16.8. The highest BCUT2D eigenvalue weighted by Crippen LogP contribution is 2.19. The van der Waals surface area contributed by atoms with E-state index in [0.29, 0.717) is 24.0 Å². The van der Waals surface area contributed by atoms with Gasteiger partial charge in [0.05, 0.1) is 13.5 Å². The maximum absolute atomic E-state index is 12.3. The van der Waals surface area contributed by atoms with Crippen LogP contribution in [-0.2, 0) is 11.2 Å². The molecule has 1 amide bonds. The first-order chi connectivity index (χ1) is 14.0. The molecule has 3 rings (SSSR count). The lowest BCUT2D eigenvalue weighted by Crippen LogP contribution is -2.39. The molecule has 1 aliphatic carbocycles. The van der Waals surface area contributed by atoms with Gasteiger partial charge in [-0.3, -0.25) is 14.4 Å². The number of benzene rings is 2. The van der Waals surface area contributed by atoms with Gasteiger partial charge in [-0.15, -0.1) is 0 Å². The van der Waals surface area contributed by atoms with Crippen molar-refractivity contribution >= 4 is 17.5 Å². The fraction of sp³-hybridized carbons (Fsp3) is 0.375. The molecule has 0 aromatic heterocycles. The maximum Gasteiger partial charge on any atom is 0.251 e. The molecule has 0 aliphatic heterocycles. The first-order valence-electron chi connectivity index (χ1n) is 10.1. The molecule has 0 bridgehead atoms.